The van der Waals surface area contributed by atoms with E-state index in [1.54, 1.807) is 11.3 Å². The highest BCUT2D eigenvalue weighted by Crippen LogP contribution is 2.36. The molecule has 1 unspecified atom stereocenters. The zero-order valence-electron chi connectivity index (χ0n) is 12.1. The first kappa shape index (κ1) is 15.0. The zero-order chi connectivity index (χ0) is 14.5. The number of hydrogen-bond donors (Lipinski definition) is 0. The van der Waals surface area contributed by atoms with E-state index >= 15 is 0 Å². The molecule has 110 valence electrons. The minimum Gasteiger partial charge on any atom is -0.469 e. The topological polar surface area (TPSA) is 46.6 Å². The molecule has 1 amide bonds. The number of hydrogen-bond acceptors (Lipinski definition) is 4. The molecular weight excluding hydrogens is 274 g/mol. The molecule has 1 aromatic rings. The second-order valence-corrected chi connectivity index (χ2v) is 6.44. The molecular formula is C15H21NO3S. The summed E-state index contributed by atoms with van der Waals surface area (Å²) in [6.07, 6.45) is 3.42. The molecule has 2 heterocycles. The summed E-state index contributed by atoms with van der Waals surface area (Å²) >= 11 is 1.77. The largest absolute Gasteiger partial charge is 0.469 e. The van der Waals surface area contributed by atoms with Crippen molar-refractivity contribution in [1.29, 1.82) is 0 Å². The SMILES string of the molecule is COC(=O)CCCC(=O)N1CCCC1c1ccc(C)s1. The lowest BCUT2D eigenvalue weighted by Crippen LogP contribution is -2.30. The number of aryl methyl sites for hydroxylation is 1. The maximum absolute atomic E-state index is 12.3. The second kappa shape index (κ2) is 6.88. The minimum atomic E-state index is -0.246. The van der Waals surface area contributed by atoms with Crippen molar-refractivity contribution in [1.82, 2.24) is 4.90 Å². The molecule has 1 aromatic heterocycles. The van der Waals surface area contributed by atoms with Gasteiger partial charge in [-0.1, -0.05) is 0 Å². The Morgan fingerprint density at radius 3 is 2.85 bits per heavy atom. The molecule has 1 aliphatic rings. The van der Waals surface area contributed by atoms with Crippen molar-refractivity contribution in [3.63, 3.8) is 0 Å². The number of esters is 1. The molecule has 1 atom stereocenters. The fourth-order valence-electron chi connectivity index (χ4n) is 2.62. The van der Waals surface area contributed by atoms with Crippen LogP contribution in [0.1, 0.15) is 47.9 Å². The fourth-order valence-corrected chi connectivity index (χ4v) is 3.65. The molecule has 0 aliphatic carbocycles. The van der Waals surface area contributed by atoms with Gasteiger partial charge in [-0.15, -0.1) is 11.3 Å². The highest BCUT2D eigenvalue weighted by Gasteiger charge is 2.30. The van der Waals surface area contributed by atoms with Crippen LogP contribution in [-0.4, -0.2) is 30.4 Å². The first-order valence-electron chi connectivity index (χ1n) is 7.04. The molecule has 2 rings (SSSR count). The standard InChI is InChI=1S/C15H21NO3S/c1-11-8-9-13(20-11)12-5-4-10-16(12)14(17)6-3-7-15(18)19-2/h8-9,12H,3-7,10H2,1-2H3. The van der Waals surface area contributed by atoms with Crippen LogP contribution in [0.2, 0.25) is 0 Å². The highest BCUT2D eigenvalue weighted by molar-refractivity contribution is 7.12. The Morgan fingerprint density at radius 2 is 2.20 bits per heavy atom. The molecule has 0 saturated carbocycles. The van der Waals surface area contributed by atoms with Crippen molar-refractivity contribution in [2.24, 2.45) is 0 Å². The zero-order valence-corrected chi connectivity index (χ0v) is 12.9. The Hall–Kier alpha value is -1.36. The molecule has 0 spiro atoms. The van der Waals surface area contributed by atoms with Crippen molar-refractivity contribution in [3.05, 3.63) is 21.9 Å². The van der Waals surface area contributed by atoms with E-state index in [-0.39, 0.29) is 17.9 Å². The molecule has 0 bridgehead atoms. The Bertz CT molecular complexity index is 483. The molecule has 0 radical (unpaired) electrons. The van der Waals surface area contributed by atoms with Gasteiger partial charge in [-0.3, -0.25) is 9.59 Å². The van der Waals surface area contributed by atoms with Crippen molar-refractivity contribution in [2.75, 3.05) is 13.7 Å². The maximum atomic E-state index is 12.3. The first-order chi connectivity index (χ1) is 9.61. The molecule has 0 N–H and O–H groups in total. The average Bonchev–Trinajstić information content (AvgIpc) is 3.06. The Labute approximate surface area is 123 Å². The molecule has 1 fully saturated rings. The number of carbonyl (C=O) groups is 2. The van der Waals surface area contributed by atoms with Crippen LogP contribution in [0.5, 0.6) is 0 Å². The van der Waals surface area contributed by atoms with Crippen molar-refractivity contribution < 1.29 is 14.3 Å². The summed E-state index contributed by atoms with van der Waals surface area (Å²) in [6.45, 7) is 2.92. The van der Waals surface area contributed by atoms with Gasteiger partial charge in [0.05, 0.1) is 13.2 Å². The maximum Gasteiger partial charge on any atom is 0.305 e. The predicted octanol–water partition coefficient (Wildman–Crippen LogP) is 3.06. The number of amides is 1. The van der Waals surface area contributed by atoms with E-state index < -0.39 is 0 Å². The van der Waals surface area contributed by atoms with Crippen molar-refractivity contribution in [2.45, 2.75) is 45.1 Å². The molecule has 1 saturated heterocycles. The van der Waals surface area contributed by atoms with E-state index in [2.05, 4.69) is 23.8 Å². The summed E-state index contributed by atoms with van der Waals surface area (Å²) in [4.78, 5) is 27.9. The van der Waals surface area contributed by atoms with Crippen LogP contribution >= 0.6 is 11.3 Å². The van der Waals surface area contributed by atoms with E-state index in [9.17, 15) is 9.59 Å². The quantitative estimate of drug-likeness (QED) is 0.784. The summed E-state index contributed by atoms with van der Waals surface area (Å²) in [5.41, 5.74) is 0. The van der Waals surface area contributed by atoms with E-state index in [4.69, 9.17) is 0 Å². The van der Waals surface area contributed by atoms with E-state index in [1.165, 1.54) is 16.9 Å². The Balaban J connectivity index is 1.90. The van der Waals surface area contributed by atoms with Gasteiger partial charge < -0.3 is 9.64 Å². The molecule has 20 heavy (non-hydrogen) atoms. The number of thiophene rings is 1. The Morgan fingerprint density at radius 1 is 1.40 bits per heavy atom. The van der Waals surface area contributed by atoms with E-state index in [0.717, 1.165) is 19.4 Å². The molecule has 1 aliphatic heterocycles. The number of rotatable bonds is 5. The van der Waals surface area contributed by atoms with Crippen LogP contribution in [0.4, 0.5) is 0 Å². The molecule has 5 heteroatoms. The normalized spacial score (nSPS) is 18.3. The van der Waals surface area contributed by atoms with Crippen LogP contribution in [0.25, 0.3) is 0 Å². The summed E-state index contributed by atoms with van der Waals surface area (Å²) in [7, 11) is 1.37. The van der Waals surface area contributed by atoms with Crippen molar-refractivity contribution in [3.8, 4) is 0 Å². The monoisotopic (exact) mass is 295 g/mol. The van der Waals surface area contributed by atoms with Crippen LogP contribution in [-0.2, 0) is 14.3 Å². The van der Waals surface area contributed by atoms with Gasteiger partial charge in [0.15, 0.2) is 0 Å². The lowest BCUT2D eigenvalue weighted by molar-refractivity contribution is -0.140. The number of nitrogens with zero attached hydrogens (tertiary/aromatic N) is 1. The smallest absolute Gasteiger partial charge is 0.305 e. The van der Waals surface area contributed by atoms with Crippen LogP contribution in [0, 0.1) is 6.92 Å². The summed E-state index contributed by atoms with van der Waals surface area (Å²) in [5.74, 6) is -0.0906. The number of methoxy groups -OCH3 is 1. The average molecular weight is 295 g/mol. The third-order valence-electron chi connectivity index (χ3n) is 3.66. The Kier molecular flexibility index (Phi) is 5.17. The summed E-state index contributed by atoms with van der Waals surface area (Å²) in [5, 5.41) is 0. The third kappa shape index (κ3) is 3.60. The van der Waals surface area contributed by atoms with Gasteiger partial charge in [-0.05, 0) is 38.3 Å². The van der Waals surface area contributed by atoms with Gasteiger partial charge in [0.2, 0.25) is 5.91 Å². The van der Waals surface area contributed by atoms with Gasteiger partial charge in [0.1, 0.15) is 0 Å². The van der Waals surface area contributed by atoms with Gasteiger partial charge in [0.25, 0.3) is 0 Å². The van der Waals surface area contributed by atoms with Crippen molar-refractivity contribution >= 4 is 23.2 Å². The summed E-state index contributed by atoms with van der Waals surface area (Å²) < 4.78 is 4.59. The van der Waals surface area contributed by atoms with Gasteiger partial charge in [-0.25, -0.2) is 0 Å². The molecule has 4 nitrogen and oxygen atoms in total. The fraction of sp³-hybridized carbons (Fsp3) is 0.600. The van der Waals surface area contributed by atoms with Gasteiger partial charge >= 0.3 is 5.97 Å². The number of carbonyl (C=O) groups excluding carboxylic acids is 2. The lowest BCUT2D eigenvalue weighted by Gasteiger charge is -2.24. The van der Waals surface area contributed by atoms with Crippen LogP contribution in [0.15, 0.2) is 12.1 Å². The minimum absolute atomic E-state index is 0.155. The predicted molar refractivity (Wildman–Crippen MR) is 78.6 cm³/mol. The second-order valence-electron chi connectivity index (χ2n) is 5.12. The third-order valence-corrected chi connectivity index (χ3v) is 4.76. The van der Waals surface area contributed by atoms with Crippen LogP contribution in [0.3, 0.4) is 0 Å². The molecule has 0 aromatic carbocycles. The van der Waals surface area contributed by atoms with Gasteiger partial charge in [-0.2, -0.15) is 0 Å². The van der Waals surface area contributed by atoms with Crippen LogP contribution < -0.4 is 0 Å². The summed E-state index contributed by atoms with van der Waals surface area (Å²) in [6, 6.07) is 4.47. The van der Waals surface area contributed by atoms with E-state index in [0.29, 0.717) is 19.3 Å². The van der Waals surface area contributed by atoms with E-state index in [1.807, 2.05) is 4.90 Å². The highest BCUT2D eigenvalue weighted by atomic mass is 32.1. The van der Waals surface area contributed by atoms with Gasteiger partial charge in [0, 0.05) is 29.1 Å². The first-order valence-corrected chi connectivity index (χ1v) is 7.86. The number of ether oxygens (including phenoxy) is 1. The number of likely N-dealkylation sites (tertiary alicyclic amines) is 1. The lowest BCUT2D eigenvalue weighted by atomic mass is 10.1.